The fourth-order valence-electron chi connectivity index (χ4n) is 4.50. The third-order valence-corrected chi connectivity index (χ3v) is 6.87. The Morgan fingerprint density at radius 2 is 1.82 bits per heavy atom. The van der Waals surface area contributed by atoms with Gasteiger partial charge in [-0.05, 0) is 60.9 Å². The van der Waals surface area contributed by atoms with E-state index in [-0.39, 0.29) is 28.7 Å². The molecule has 4 aromatic rings. The Morgan fingerprint density at radius 3 is 2.44 bits per heavy atom. The molecule has 0 radical (unpaired) electrons. The van der Waals surface area contributed by atoms with Crippen LogP contribution in [0.3, 0.4) is 0 Å². The van der Waals surface area contributed by atoms with E-state index in [1.165, 1.54) is 49.4 Å². The maximum atomic E-state index is 13.5. The van der Waals surface area contributed by atoms with E-state index in [1.54, 1.807) is 29.7 Å². The van der Waals surface area contributed by atoms with Crippen LogP contribution in [0.2, 0.25) is 5.02 Å². The van der Waals surface area contributed by atoms with E-state index >= 15 is 0 Å². The van der Waals surface area contributed by atoms with Crippen LogP contribution < -0.4 is 15.5 Å². The molecule has 1 saturated carbocycles. The van der Waals surface area contributed by atoms with Gasteiger partial charge in [-0.25, -0.2) is 9.87 Å². The smallest absolute Gasteiger partial charge is 0.264 e. The first-order chi connectivity index (χ1) is 18.8. The summed E-state index contributed by atoms with van der Waals surface area (Å²) in [5.74, 6) is -1.29. The van der Waals surface area contributed by atoms with Crippen molar-refractivity contribution in [3.8, 4) is 28.2 Å². The summed E-state index contributed by atoms with van der Waals surface area (Å²) >= 11 is 6.62. The molecule has 1 aromatic heterocycles. The number of guanidine groups is 1. The summed E-state index contributed by atoms with van der Waals surface area (Å²) in [7, 11) is 2.91. The molecule has 0 aliphatic heterocycles. The molecule has 0 atom stereocenters. The number of halogens is 2. The highest BCUT2D eigenvalue weighted by Crippen LogP contribution is 2.40. The normalized spacial score (nSPS) is 12.7. The molecule has 1 aliphatic rings. The minimum Gasteiger partial charge on any atom is -0.496 e. The molecule has 0 unspecified atom stereocenters. The number of hydrogen-bond acceptors (Lipinski definition) is 6. The van der Waals surface area contributed by atoms with Gasteiger partial charge in [-0.2, -0.15) is 0 Å². The summed E-state index contributed by atoms with van der Waals surface area (Å²) in [4.78, 5) is 27.6. The second-order valence-corrected chi connectivity index (χ2v) is 9.41. The van der Waals surface area contributed by atoms with E-state index in [0.29, 0.717) is 45.5 Å². The van der Waals surface area contributed by atoms with Gasteiger partial charge in [0.2, 0.25) is 5.96 Å². The molecule has 0 bridgehead atoms. The SMILES string of the molecule is CNC(=O)c1c(-c2ccc(F)cc2)oc2ccc(-c3cc(C(=O)N(C(=N)NO)C4CC4)c(OC)cc3Cl)cc12. The van der Waals surface area contributed by atoms with E-state index in [1.807, 2.05) is 0 Å². The average Bonchev–Trinajstić information content (AvgIpc) is 3.71. The van der Waals surface area contributed by atoms with Gasteiger partial charge < -0.3 is 14.5 Å². The number of hydroxylamine groups is 1. The van der Waals surface area contributed by atoms with Gasteiger partial charge in [0, 0.05) is 35.7 Å². The summed E-state index contributed by atoms with van der Waals surface area (Å²) in [6, 6.07) is 13.7. The summed E-state index contributed by atoms with van der Waals surface area (Å²) in [5, 5.41) is 20.7. The molecule has 200 valence electrons. The minimum atomic E-state index is -0.534. The molecular formula is C28H24ClFN4O5. The van der Waals surface area contributed by atoms with Crippen molar-refractivity contribution in [2.24, 2.45) is 0 Å². The Hall–Kier alpha value is -4.41. The van der Waals surface area contributed by atoms with Crippen molar-refractivity contribution < 1.29 is 28.3 Å². The molecule has 4 N–H and O–H groups in total. The van der Waals surface area contributed by atoms with Gasteiger partial charge in [0.05, 0.1) is 23.3 Å². The number of nitrogens with zero attached hydrogens (tertiary/aromatic N) is 1. The Labute approximate surface area is 227 Å². The molecule has 0 saturated heterocycles. The number of furan rings is 1. The largest absolute Gasteiger partial charge is 0.496 e. The van der Waals surface area contributed by atoms with E-state index in [0.717, 1.165) is 0 Å². The number of fused-ring (bicyclic) bond motifs is 1. The third-order valence-electron chi connectivity index (χ3n) is 6.56. The number of hydrogen-bond donors (Lipinski definition) is 4. The van der Waals surface area contributed by atoms with Gasteiger partial charge in [-0.1, -0.05) is 17.7 Å². The van der Waals surface area contributed by atoms with Crippen molar-refractivity contribution in [1.29, 1.82) is 5.41 Å². The lowest BCUT2D eigenvalue weighted by atomic mass is 9.98. The number of nitrogens with one attached hydrogen (secondary N) is 3. The molecule has 1 aliphatic carbocycles. The number of carbonyl (C=O) groups excluding carboxylic acids is 2. The van der Waals surface area contributed by atoms with Crippen molar-refractivity contribution in [2.75, 3.05) is 14.2 Å². The predicted octanol–water partition coefficient (Wildman–Crippen LogP) is 5.45. The molecular weight excluding hydrogens is 527 g/mol. The first-order valence-corrected chi connectivity index (χ1v) is 12.4. The van der Waals surface area contributed by atoms with Crippen LogP contribution in [0.1, 0.15) is 33.6 Å². The van der Waals surface area contributed by atoms with Crippen LogP contribution in [-0.2, 0) is 0 Å². The molecule has 2 amide bonds. The van der Waals surface area contributed by atoms with E-state index in [2.05, 4.69) is 5.32 Å². The molecule has 9 nitrogen and oxygen atoms in total. The Kier molecular flexibility index (Phi) is 6.98. The number of carbonyl (C=O) groups is 2. The standard InChI is InChI=1S/C28H24ClFN4O5/c1-32-26(35)24-19-11-15(5-10-22(19)39-25(24)14-3-6-16(30)7-4-14)18-12-20(23(38-2)13-21(18)29)27(36)34(17-8-9-17)28(31)33-37/h3-7,10-13,17,37H,8-9H2,1-2H3,(H2,31,33)(H,32,35). The summed E-state index contributed by atoms with van der Waals surface area (Å²) < 4.78 is 25.0. The van der Waals surface area contributed by atoms with Gasteiger partial charge in [-0.15, -0.1) is 0 Å². The fourth-order valence-corrected chi connectivity index (χ4v) is 4.76. The Morgan fingerprint density at radius 1 is 1.13 bits per heavy atom. The topological polar surface area (TPSA) is 128 Å². The Bertz CT molecular complexity index is 1610. The van der Waals surface area contributed by atoms with Gasteiger partial charge >= 0.3 is 0 Å². The van der Waals surface area contributed by atoms with Crippen molar-refractivity contribution in [3.05, 3.63) is 76.6 Å². The second kappa shape index (κ2) is 10.4. The zero-order valence-corrected chi connectivity index (χ0v) is 21.7. The molecule has 1 heterocycles. The first kappa shape index (κ1) is 26.2. The molecule has 3 aromatic carbocycles. The molecule has 11 heteroatoms. The van der Waals surface area contributed by atoms with Crippen LogP contribution in [-0.4, -0.2) is 48.1 Å². The number of amides is 2. The van der Waals surface area contributed by atoms with Crippen molar-refractivity contribution in [1.82, 2.24) is 15.7 Å². The van der Waals surface area contributed by atoms with Gasteiger partial charge in [0.1, 0.15) is 22.9 Å². The van der Waals surface area contributed by atoms with Gasteiger partial charge in [-0.3, -0.25) is 25.1 Å². The molecule has 39 heavy (non-hydrogen) atoms. The van der Waals surface area contributed by atoms with Crippen LogP contribution in [0.15, 0.2) is 59.0 Å². The predicted molar refractivity (Wildman–Crippen MR) is 144 cm³/mol. The average molecular weight is 551 g/mol. The number of benzene rings is 3. The number of methoxy groups -OCH3 is 1. The maximum absolute atomic E-state index is 13.5. The van der Waals surface area contributed by atoms with Gasteiger partial charge in [0.25, 0.3) is 11.8 Å². The zero-order chi connectivity index (χ0) is 27.8. The van der Waals surface area contributed by atoms with E-state index in [4.69, 9.17) is 26.2 Å². The first-order valence-electron chi connectivity index (χ1n) is 12.0. The minimum absolute atomic E-state index is 0.148. The maximum Gasteiger partial charge on any atom is 0.264 e. The highest BCUT2D eigenvalue weighted by Gasteiger charge is 2.37. The molecule has 0 spiro atoms. The van der Waals surface area contributed by atoms with E-state index in [9.17, 15) is 19.2 Å². The lowest BCUT2D eigenvalue weighted by Crippen LogP contribution is -2.44. The van der Waals surface area contributed by atoms with Crippen LogP contribution >= 0.6 is 11.6 Å². The van der Waals surface area contributed by atoms with Crippen LogP contribution in [0.25, 0.3) is 33.4 Å². The number of rotatable bonds is 6. The lowest BCUT2D eigenvalue weighted by Gasteiger charge is -2.23. The Balaban J connectivity index is 1.66. The highest BCUT2D eigenvalue weighted by atomic mass is 35.5. The summed E-state index contributed by atoms with van der Waals surface area (Å²) in [5.41, 5.74) is 4.20. The van der Waals surface area contributed by atoms with Crippen LogP contribution in [0, 0.1) is 11.2 Å². The van der Waals surface area contributed by atoms with Crippen molar-refractivity contribution >= 4 is 40.3 Å². The quantitative estimate of drug-likeness (QED) is 0.144. The fraction of sp³-hybridized carbons (Fsp3) is 0.179. The molecule has 5 rings (SSSR count). The van der Waals surface area contributed by atoms with Crippen molar-refractivity contribution in [2.45, 2.75) is 18.9 Å². The third kappa shape index (κ3) is 4.80. The highest BCUT2D eigenvalue weighted by molar-refractivity contribution is 6.34. The van der Waals surface area contributed by atoms with Crippen LogP contribution in [0.5, 0.6) is 5.75 Å². The van der Waals surface area contributed by atoms with Crippen LogP contribution in [0.4, 0.5) is 4.39 Å². The number of ether oxygens (including phenoxy) is 1. The zero-order valence-electron chi connectivity index (χ0n) is 21.0. The molecule has 1 fully saturated rings. The summed E-state index contributed by atoms with van der Waals surface area (Å²) in [6.07, 6.45) is 1.41. The van der Waals surface area contributed by atoms with E-state index < -0.39 is 23.6 Å². The second-order valence-electron chi connectivity index (χ2n) is 9.00. The summed E-state index contributed by atoms with van der Waals surface area (Å²) in [6.45, 7) is 0. The monoisotopic (exact) mass is 550 g/mol. The lowest BCUT2D eigenvalue weighted by molar-refractivity contribution is 0.0810. The van der Waals surface area contributed by atoms with Crippen molar-refractivity contribution in [3.63, 3.8) is 0 Å². The van der Waals surface area contributed by atoms with Gasteiger partial charge in [0.15, 0.2) is 0 Å².